The van der Waals surface area contributed by atoms with Crippen molar-refractivity contribution in [3.63, 3.8) is 0 Å². The van der Waals surface area contributed by atoms with Crippen molar-refractivity contribution in [2.24, 2.45) is 0 Å². The van der Waals surface area contributed by atoms with Gasteiger partial charge in [0.05, 0.1) is 6.61 Å². The van der Waals surface area contributed by atoms with E-state index in [0.717, 1.165) is 12.3 Å². The molecular weight excluding hydrogens is 349 g/mol. The van der Waals surface area contributed by atoms with E-state index in [4.69, 9.17) is 5.11 Å². The Labute approximate surface area is 126 Å². The molecule has 0 fully saturated rings. The van der Waals surface area contributed by atoms with Crippen LogP contribution in [0.5, 0.6) is 5.75 Å². The van der Waals surface area contributed by atoms with Crippen LogP contribution in [-0.2, 0) is 16.7 Å². The number of aliphatic hydroxyl groups excluding tert-OH is 1. The Morgan fingerprint density at radius 1 is 0.957 bits per heavy atom. The van der Waals surface area contributed by atoms with E-state index in [1.54, 1.807) is 0 Å². The van der Waals surface area contributed by atoms with Crippen LogP contribution in [0, 0.1) is 29.1 Å². The van der Waals surface area contributed by atoms with Gasteiger partial charge in [-0.25, -0.2) is 13.2 Å². The normalized spacial score (nSPS) is 11.6. The molecule has 1 N–H and O–H groups in total. The van der Waals surface area contributed by atoms with Crippen LogP contribution in [0.15, 0.2) is 23.4 Å². The number of hydrogen-bond donors (Lipinski definition) is 1. The molecule has 0 saturated heterocycles. The number of rotatable bonds is 4. The lowest BCUT2D eigenvalue weighted by atomic mass is 10.3. The maximum atomic E-state index is 13.4. The summed E-state index contributed by atoms with van der Waals surface area (Å²) in [6.07, 6.45) is 1.80. The molecule has 0 aliphatic heterocycles. The molecule has 0 atom stereocenters. The second kappa shape index (κ2) is 6.08. The smallest absolute Gasteiger partial charge is 0.340 e. The summed E-state index contributed by atoms with van der Waals surface area (Å²) in [6.45, 7) is -0.598. The molecule has 1 heterocycles. The standard InChI is InChI=1S/C12H6F5NO4S/c13-7-8(14)10(16)12(11(17)9(7)15)22-23(20,21)6-1-5(4-19)2-18-3-6/h1-3,19H,4H2. The zero-order valence-electron chi connectivity index (χ0n) is 10.9. The van der Waals surface area contributed by atoms with E-state index in [1.807, 2.05) is 0 Å². The summed E-state index contributed by atoms with van der Waals surface area (Å²) in [5, 5.41) is 8.87. The number of benzene rings is 1. The van der Waals surface area contributed by atoms with Gasteiger partial charge in [-0.3, -0.25) is 4.98 Å². The van der Waals surface area contributed by atoms with Gasteiger partial charge in [0, 0.05) is 12.4 Å². The third-order valence-corrected chi connectivity index (χ3v) is 3.79. The molecule has 23 heavy (non-hydrogen) atoms. The lowest BCUT2D eigenvalue weighted by Gasteiger charge is -2.10. The van der Waals surface area contributed by atoms with Crippen molar-refractivity contribution in [2.75, 3.05) is 0 Å². The summed E-state index contributed by atoms with van der Waals surface area (Å²) in [6, 6.07) is 0.856. The van der Waals surface area contributed by atoms with Crippen LogP contribution in [0.25, 0.3) is 0 Å². The van der Waals surface area contributed by atoms with E-state index in [9.17, 15) is 30.4 Å². The fraction of sp³-hybridized carbons (Fsp3) is 0.0833. The third-order valence-electron chi connectivity index (χ3n) is 2.60. The Morgan fingerprint density at radius 2 is 1.48 bits per heavy atom. The summed E-state index contributed by atoms with van der Waals surface area (Å²) in [5.74, 6) is -14.0. The molecule has 11 heteroatoms. The highest BCUT2D eigenvalue weighted by Gasteiger charge is 2.31. The fourth-order valence-electron chi connectivity index (χ4n) is 1.50. The van der Waals surface area contributed by atoms with Gasteiger partial charge in [-0.05, 0) is 11.6 Å². The van der Waals surface area contributed by atoms with E-state index >= 15 is 0 Å². The summed E-state index contributed by atoms with van der Waals surface area (Å²) < 4.78 is 93.5. The Bertz CT molecular complexity index is 843. The zero-order chi connectivity index (χ0) is 17.4. The van der Waals surface area contributed by atoms with Crippen LogP contribution in [0.3, 0.4) is 0 Å². The van der Waals surface area contributed by atoms with Gasteiger partial charge in [0.2, 0.25) is 34.8 Å². The average Bonchev–Trinajstić information content (AvgIpc) is 2.55. The van der Waals surface area contributed by atoms with E-state index in [0.29, 0.717) is 6.20 Å². The van der Waals surface area contributed by atoms with Crippen molar-refractivity contribution < 1.29 is 39.7 Å². The molecule has 2 aromatic rings. The first-order chi connectivity index (χ1) is 10.7. The van der Waals surface area contributed by atoms with Crippen LogP contribution in [-0.4, -0.2) is 18.5 Å². The van der Waals surface area contributed by atoms with Crippen LogP contribution in [0.4, 0.5) is 22.0 Å². The first-order valence-corrected chi connectivity index (χ1v) is 7.10. The minimum Gasteiger partial charge on any atom is -0.392 e. The number of aliphatic hydroxyl groups is 1. The SMILES string of the molecule is O=S(=O)(Oc1c(F)c(F)c(F)c(F)c1F)c1cncc(CO)c1. The predicted molar refractivity (Wildman–Crippen MR) is 64.2 cm³/mol. The van der Waals surface area contributed by atoms with Crippen molar-refractivity contribution in [3.8, 4) is 5.75 Å². The first-order valence-electron chi connectivity index (χ1n) is 5.69. The minimum atomic E-state index is -4.95. The summed E-state index contributed by atoms with van der Waals surface area (Å²) in [7, 11) is -4.95. The molecule has 1 aromatic carbocycles. The second-order valence-corrected chi connectivity index (χ2v) is 5.67. The Kier molecular flexibility index (Phi) is 4.52. The van der Waals surface area contributed by atoms with Gasteiger partial charge in [0.25, 0.3) is 0 Å². The number of halogens is 5. The monoisotopic (exact) mass is 355 g/mol. The molecule has 0 bridgehead atoms. The quantitative estimate of drug-likeness (QED) is 0.393. The van der Waals surface area contributed by atoms with Gasteiger partial charge >= 0.3 is 10.1 Å². The van der Waals surface area contributed by atoms with Gasteiger partial charge in [0.15, 0.2) is 0 Å². The highest BCUT2D eigenvalue weighted by Crippen LogP contribution is 2.31. The highest BCUT2D eigenvalue weighted by atomic mass is 32.2. The highest BCUT2D eigenvalue weighted by molar-refractivity contribution is 7.87. The summed E-state index contributed by atoms with van der Waals surface area (Å²) in [5.41, 5.74) is 0.0205. The van der Waals surface area contributed by atoms with E-state index < -0.39 is 56.5 Å². The van der Waals surface area contributed by atoms with Gasteiger partial charge < -0.3 is 9.29 Å². The third kappa shape index (κ3) is 3.10. The Hall–Kier alpha value is -2.27. The molecule has 0 aliphatic rings. The van der Waals surface area contributed by atoms with Gasteiger partial charge in [-0.2, -0.15) is 17.2 Å². The second-order valence-electron chi connectivity index (χ2n) is 4.12. The number of hydrogen-bond acceptors (Lipinski definition) is 5. The van der Waals surface area contributed by atoms with Crippen LogP contribution in [0.2, 0.25) is 0 Å². The zero-order valence-corrected chi connectivity index (χ0v) is 11.7. The van der Waals surface area contributed by atoms with E-state index in [1.165, 1.54) is 0 Å². The predicted octanol–water partition coefficient (Wildman–Crippen LogP) is 2.04. The van der Waals surface area contributed by atoms with Gasteiger partial charge in [-0.1, -0.05) is 0 Å². The van der Waals surface area contributed by atoms with E-state index in [2.05, 4.69) is 9.17 Å². The molecule has 0 aliphatic carbocycles. The van der Waals surface area contributed by atoms with Gasteiger partial charge in [0.1, 0.15) is 4.90 Å². The first kappa shape index (κ1) is 17.1. The molecular formula is C12H6F5NO4S. The molecule has 1 aromatic heterocycles. The largest absolute Gasteiger partial charge is 0.392 e. The van der Waals surface area contributed by atoms with Crippen molar-refractivity contribution in [1.82, 2.24) is 4.98 Å². The van der Waals surface area contributed by atoms with Crippen molar-refractivity contribution in [3.05, 3.63) is 53.1 Å². The van der Waals surface area contributed by atoms with Crippen LogP contribution >= 0.6 is 0 Å². The number of nitrogens with zero attached hydrogens (tertiary/aromatic N) is 1. The number of pyridine rings is 1. The molecule has 2 rings (SSSR count). The molecule has 124 valence electrons. The Morgan fingerprint density at radius 3 is 2.00 bits per heavy atom. The molecule has 0 saturated carbocycles. The molecule has 0 radical (unpaired) electrons. The molecule has 0 unspecified atom stereocenters. The van der Waals surface area contributed by atoms with Crippen molar-refractivity contribution in [2.45, 2.75) is 11.5 Å². The summed E-state index contributed by atoms with van der Waals surface area (Å²) >= 11 is 0. The van der Waals surface area contributed by atoms with Crippen LogP contribution < -0.4 is 4.18 Å². The maximum Gasteiger partial charge on any atom is 0.340 e. The minimum absolute atomic E-state index is 0.0205. The molecule has 5 nitrogen and oxygen atoms in total. The summed E-state index contributed by atoms with van der Waals surface area (Å²) in [4.78, 5) is 2.70. The van der Waals surface area contributed by atoms with Crippen molar-refractivity contribution in [1.29, 1.82) is 0 Å². The fourth-order valence-corrected chi connectivity index (χ4v) is 2.45. The number of aromatic nitrogens is 1. The topological polar surface area (TPSA) is 76.5 Å². The van der Waals surface area contributed by atoms with Crippen molar-refractivity contribution >= 4 is 10.1 Å². The maximum absolute atomic E-state index is 13.4. The van der Waals surface area contributed by atoms with E-state index in [-0.39, 0.29) is 5.56 Å². The molecule has 0 spiro atoms. The van der Waals surface area contributed by atoms with Gasteiger partial charge in [-0.15, -0.1) is 0 Å². The average molecular weight is 355 g/mol. The lowest BCUT2D eigenvalue weighted by molar-refractivity contribution is 0.281. The molecule has 0 amide bonds. The van der Waals surface area contributed by atoms with Crippen LogP contribution in [0.1, 0.15) is 5.56 Å². The lowest BCUT2D eigenvalue weighted by Crippen LogP contribution is -2.15. The Balaban J connectivity index is 2.54.